The van der Waals surface area contributed by atoms with Gasteiger partial charge in [-0.25, -0.2) is 9.78 Å². The summed E-state index contributed by atoms with van der Waals surface area (Å²) in [6, 6.07) is 6.31. The van der Waals surface area contributed by atoms with Crippen LogP contribution in [0.2, 0.25) is 0 Å². The summed E-state index contributed by atoms with van der Waals surface area (Å²) in [6.07, 6.45) is 1.35. The lowest BCUT2D eigenvalue weighted by Crippen LogP contribution is -2.32. The number of carbonyl (C=O) groups excluding carboxylic acids is 3. The van der Waals surface area contributed by atoms with E-state index in [0.717, 1.165) is 11.3 Å². The summed E-state index contributed by atoms with van der Waals surface area (Å²) in [5, 5.41) is 1.18. The quantitative estimate of drug-likeness (QED) is 0.788. The molecule has 2 amide bonds. The second kappa shape index (κ2) is 4.53. The van der Waals surface area contributed by atoms with Crippen LogP contribution in [-0.4, -0.2) is 27.8 Å². The average molecular weight is 288 g/mol. The molecule has 0 saturated carbocycles. The van der Waals surface area contributed by atoms with Crippen molar-refractivity contribution in [3.63, 3.8) is 0 Å². The van der Waals surface area contributed by atoms with Crippen LogP contribution in [0.5, 0.6) is 0 Å². The molecule has 2 aromatic rings. The number of carbonyl (C=O) groups is 3. The van der Waals surface area contributed by atoms with E-state index in [9.17, 15) is 14.4 Å². The van der Waals surface area contributed by atoms with Crippen molar-refractivity contribution in [3.8, 4) is 0 Å². The van der Waals surface area contributed by atoms with Gasteiger partial charge in [0.25, 0.3) is 11.8 Å². The summed E-state index contributed by atoms with van der Waals surface area (Å²) < 4.78 is 0. The lowest BCUT2D eigenvalue weighted by atomic mass is 10.1. The molecule has 0 fully saturated rings. The van der Waals surface area contributed by atoms with Crippen molar-refractivity contribution in [3.05, 3.63) is 51.5 Å². The van der Waals surface area contributed by atoms with Gasteiger partial charge in [-0.05, 0) is 19.1 Å². The zero-order valence-corrected chi connectivity index (χ0v) is 11.1. The molecule has 0 spiro atoms. The molecule has 100 valence electrons. The van der Waals surface area contributed by atoms with Crippen LogP contribution in [0.4, 0.5) is 0 Å². The molecule has 3 rings (SSSR count). The second-order valence-corrected chi connectivity index (χ2v) is 5.31. The summed E-state index contributed by atoms with van der Waals surface area (Å²) in [5.74, 6) is -2.05. The first-order valence-electron chi connectivity index (χ1n) is 5.70. The predicted molar refractivity (Wildman–Crippen MR) is 69.2 cm³/mol. The maximum Gasteiger partial charge on any atom is 0.375 e. The van der Waals surface area contributed by atoms with Gasteiger partial charge in [0, 0.05) is 0 Å². The fourth-order valence-corrected chi connectivity index (χ4v) is 2.48. The van der Waals surface area contributed by atoms with E-state index in [-0.39, 0.29) is 16.0 Å². The molecule has 1 aromatic carbocycles. The predicted octanol–water partition coefficient (Wildman–Crippen LogP) is 1.82. The van der Waals surface area contributed by atoms with Gasteiger partial charge in [0.2, 0.25) is 0 Å². The number of benzene rings is 1. The number of thiazole rings is 1. The molecule has 1 aromatic heterocycles. The number of hydrogen-bond acceptors (Lipinski definition) is 6. The van der Waals surface area contributed by atoms with Crippen LogP contribution in [0.15, 0.2) is 30.5 Å². The van der Waals surface area contributed by atoms with E-state index in [1.807, 2.05) is 0 Å². The number of imide groups is 1. The minimum Gasteiger partial charge on any atom is -0.323 e. The van der Waals surface area contributed by atoms with Gasteiger partial charge in [-0.15, -0.1) is 11.3 Å². The van der Waals surface area contributed by atoms with Crippen LogP contribution in [0, 0.1) is 6.92 Å². The Balaban J connectivity index is 1.85. The van der Waals surface area contributed by atoms with Gasteiger partial charge in [0.15, 0.2) is 0 Å². The number of hydroxylamine groups is 2. The maximum atomic E-state index is 12.0. The molecule has 0 radical (unpaired) electrons. The smallest absolute Gasteiger partial charge is 0.323 e. The monoisotopic (exact) mass is 288 g/mol. The first kappa shape index (κ1) is 12.5. The molecule has 20 heavy (non-hydrogen) atoms. The number of hydrogen-bond donors (Lipinski definition) is 0. The van der Waals surface area contributed by atoms with E-state index in [0.29, 0.717) is 10.1 Å². The third-order valence-electron chi connectivity index (χ3n) is 2.75. The third kappa shape index (κ3) is 1.88. The summed E-state index contributed by atoms with van der Waals surface area (Å²) in [4.78, 5) is 44.9. The van der Waals surface area contributed by atoms with E-state index >= 15 is 0 Å². The van der Waals surface area contributed by atoms with E-state index in [4.69, 9.17) is 4.84 Å². The van der Waals surface area contributed by atoms with Gasteiger partial charge in [-0.3, -0.25) is 9.59 Å². The molecule has 6 nitrogen and oxygen atoms in total. The van der Waals surface area contributed by atoms with Gasteiger partial charge < -0.3 is 4.84 Å². The van der Waals surface area contributed by atoms with Crippen molar-refractivity contribution in [1.82, 2.24) is 10.0 Å². The average Bonchev–Trinajstić information content (AvgIpc) is 2.98. The van der Waals surface area contributed by atoms with Gasteiger partial charge >= 0.3 is 5.97 Å². The minimum absolute atomic E-state index is 0.228. The highest BCUT2D eigenvalue weighted by Crippen LogP contribution is 2.24. The summed E-state index contributed by atoms with van der Waals surface area (Å²) in [6.45, 7) is 1.74. The number of amides is 2. The van der Waals surface area contributed by atoms with Gasteiger partial charge in [0.05, 0.1) is 22.3 Å². The standard InChI is InChI=1S/C13H8N2O4S/c1-7-14-6-10(20-7)13(18)19-15-11(16)8-4-2-3-5-9(8)12(15)17/h2-6H,1H3. The lowest BCUT2D eigenvalue weighted by molar-refractivity contribution is -0.0581. The van der Waals surface area contributed by atoms with Crippen LogP contribution in [0.25, 0.3) is 0 Å². The van der Waals surface area contributed by atoms with Crippen molar-refractivity contribution in [2.45, 2.75) is 6.92 Å². The Morgan fingerprint density at radius 2 is 1.80 bits per heavy atom. The Labute approximate surface area is 117 Å². The fourth-order valence-electron chi connectivity index (χ4n) is 1.83. The highest BCUT2D eigenvalue weighted by molar-refractivity contribution is 7.13. The zero-order valence-electron chi connectivity index (χ0n) is 10.3. The van der Waals surface area contributed by atoms with Crippen LogP contribution in [0.3, 0.4) is 0 Å². The molecule has 0 atom stereocenters. The zero-order chi connectivity index (χ0) is 14.3. The number of aryl methyl sites for hydroxylation is 1. The Morgan fingerprint density at radius 1 is 1.20 bits per heavy atom. The highest BCUT2D eigenvalue weighted by atomic mass is 32.1. The van der Waals surface area contributed by atoms with Crippen LogP contribution >= 0.6 is 11.3 Å². The Hall–Kier alpha value is -2.54. The number of rotatable bonds is 2. The molecule has 1 aliphatic rings. The topological polar surface area (TPSA) is 76.6 Å². The molecule has 0 unspecified atom stereocenters. The van der Waals surface area contributed by atoms with Gasteiger partial charge in [0.1, 0.15) is 4.88 Å². The Bertz CT molecular complexity index is 702. The molecular weight excluding hydrogens is 280 g/mol. The van der Waals surface area contributed by atoms with Gasteiger partial charge in [-0.1, -0.05) is 17.2 Å². The van der Waals surface area contributed by atoms with E-state index in [2.05, 4.69) is 4.98 Å². The van der Waals surface area contributed by atoms with Gasteiger partial charge in [-0.2, -0.15) is 0 Å². The molecule has 2 heterocycles. The van der Waals surface area contributed by atoms with Crippen molar-refractivity contribution >= 4 is 29.1 Å². The largest absolute Gasteiger partial charge is 0.375 e. The summed E-state index contributed by atoms with van der Waals surface area (Å²) >= 11 is 1.13. The molecular formula is C13H8N2O4S. The maximum absolute atomic E-state index is 12.0. The van der Waals surface area contributed by atoms with Crippen molar-refractivity contribution in [1.29, 1.82) is 0 Å². The molecule has 0 saturated heterocycles. The third-order valence-corrected chi connectivity index (χ3v) is 3.65. The van der Waals surface area contributed by atoms with Crippen molar-refractivity contribution in [2.24, 2.45) is 0 Å². The summed E-state index contributed by atoms with van der Waals surface area (Å²) in [7, 11) is 0. The first-order valence-corrected chi connectivity index (χ1v) is 6.52. The van der Waals surface area contributed by atoms with Crippen LogP contribution in [0.1, 0.15) is 35.4 Å². The lowest BCUT2D eigenvalue weighted by Gasteiger charge is -2.11. The molecule has 0 bridgehead atoms. The number of aromatic nitrogens is 1. The minimum atomic E-state index is -0.773. The van der Waals surface area contributed by atoms with Crippen LogP contribution in [-0.2, 0) is 4.84 Å². The normalized spacial score (nSPS) is 13.6. The fraction of sp³-hybridized carbons (Fsp3) is 0.0769. The van der Waals surface area contributed by atoms with Crippen molar-refractivity contribution < 1.29 is 19.2 Å². The first-order chi connectivity index (χ1) is 9.58. The van der Waals surface area contributed by atoms with E-state index < -0.39 is 17.8 Å². The Morgan fingerprint density at radius 3 is 2.30 bits per heavy atom. The number of nitrogens with zero attached hydrogens (tertiary/aromatic N) is 2. The van der Waals surface area contributed by atoms with Crippen molar-refractivity contribution in [2.75, 3.05) is 0 Å². The second-order valence-electron chi connectivity index (χ2n) is 4.07. The number of fused-ring (bicyclic) bond motifs is 1. The molecule has 7 heteroatoms. The molecule has 0 aliphatic carbocycles. The summed E-state index contributed by atoms with van der Waals surface area (Å²) in [5.41, 5.74) is 0.455. The Kier molecular flexibility index (Phi) is 2.83. The molecule has 0 N–H and O–H groups in total. The SMILES string of the molecule is Cc1ncc(C(=O)ON2C(=O)c3ccccc3C2=O)s1. The van der Waals surface area contributed by atoms with Crippen LogP contribution < -0.4 is 0 Å². The van der Waals surface area contributed by atoms with E-state index in [1.165, 1.54) is 18.3 Å². The molecule has 1 aliphatic heterocycles. The van der Waals surface area contributed by atoms with E-state index in [1.54, 1.807) is 19.1 Å². The highest BCUT2D eigenvalue weighted by Gasteiger charge is 2.38.